The van der Waals surface area contributed by atoms with Crippen molar-refractivity contribution in [3.8, 4) is 0 Å². The maximum atomic E-state index is 10.6. The molecule has 0 fully saturated rings. The van der Waals surface area contributed by atoms with Gasteiger partial charge in [0, 0.05) is 11.9 Å². The number of unbranched alkanes of at least 4 members (excludes halogenated alkanes) is 13. The third-order valence-electron chi connectivity index (χ3n) is 4.46. The second-order valence-corrected chi connectivity index (χ2v) is 6.58. The van der Waals surface area contributed by atoms with E-state index >= 15 is 0 Å². The van der Waals surface area contributed by atoms with Gasteiger partial charge in [-0.3, -0.25) is 0 Å². The minimum absolute atomic E-state index is 0. The molecule has 0 radical (unpaired) electrons. The third-order valence-corrected chi connectivity index (χ3v) is 4.46. The summed E-state index contributed by atoms with van der Waals surface area (Å²) in [6.07, 6.45) is 18.7. The van der Waals surface area contributed by atoms with Crippen LogP contribution in [-0.2, 0) is 4.79 Å². The van der Waals surface area contributed by atoms with Gasteiger partial charge in [-0.2, -0.15) is 0 Å². The fourth-order valence-electron chi connectivity index (χ4n) is 2.87. The quantitative estimate of drug-likeness (QED) is 0.321. The molecule has 0 bridgehead atoms. The summed E-state index contributed by atoms with van der Waals surface area (Å²) in [6.45, 7) is 1.97. The number of hydrogen-bond acceptors (Lipinski definition) is 3. The summed E-state index contributed by atoms with van der Waals surface area (Å²) in [7, 11) is 0. The Hall–Kier alpha value is 0.430. The topological polar surface area (TPSA) is 60.4 Å². The van der Waals surface area contributed by atoms with E-state index in [4.69, 9.17) is 5.11 Å². The molecule has 0 rings (SSSR count). The number of aliphatic carboxylic acids is 1. The van der Waals surface area contributed by atoms with Gasteiger partial charge in [-0.15, -0.1) is 0 Å². The molecule has 0 aliphatic carbocycles. The van der Waals surface area contributed by atoms with Gasteiger partial charge in [-0.25, -0.2) is 0 Å². The number of aliphatic hydroxyl groups is 1. The van der Waals surface area contributed by atoms with Gasteiger partial charge in [-0.05, 0) is 6.42 Å². The fraction of sp³-hybridized carbons (Fsp3) is 0.947. The minimum atomic E-state index is -1.11. The molecular formula is C19H37NaO3. The van der Waals surface area contributed by atoms with Crippen molar-refractivity contribution < 1.29 is 44.6 Å². The van der Waals surface area contributed by atoms with Crippen LogP contribution in [0.3, 0.4) is 0 Å². The van der Waals surface area contributed by atoms with Crippen LogP contribution in [0.1, 0.15) is 103 Å². The zero-order chi connectivity index (χ0) is 16.5. The van der Waals surface area contributed by atoms with E-state index in [-0.39, 0.29) is 36.2 Å². The molecule has 0 aromatic heterocycles. The molecule has 0 aliphatic heterocycles. The Bertz CT molecular complexity index is 247. The van der Waals surface area contributed by atoms with Crippen molar-refractivity contribution >= 4 is 5.97 Å². The Labute approximate surface area is 165 Å². The van der Waals surface area contributed by atoms with Crippen LogP contribution in [0.25, 0.3) is 0 Å². The predicted molar refractivity (Wildman–Crippen MR) is 90.5 cm³/mol. The molecule has 23 heavy (non-hydrogen) atoms. The number of carboxylic acids is 1. The zero-order valence-electron chi connectivity index (χ0n) is 15.7. The molecule has 0 aliphatic rings. The van der Waals surface area contributed by atoms with E-state index in [1.807, 2.05) is 0 Å². The average Bonchev–Trinajstić information content (AvgIpc) is 2.51. The number of carbonyl (C=O) groups excluding carboxylic acids is 1. The minimum Gasteiger partial charge on any atom is -0.550 e. The molecule has 4 heteroatoms. The second kappa shape index (κ2) is 20.5. The third kappa shape index (κ3) is 18.6. The molecule has 3 nitrogen and oxygen atoms in total. The van der Waals surface area contributed by atoms with Crippen molar-refractivity contribution in [3.63, 3.8) is 0 Å². The van der Waals surface area contributed by atoms with E-state index in [9.17, 15) is 9.90 Å². The first-order valence-corrected chi connectivity index (χ1v) is 9.54. The van der Waals surface area contributed by atoms with Crippen molar-refractivity contribution in [2.45, 2.75) is 103 Å². The van der Waals surface area contributed by atoms with E-state index in [1.165, 1.54) is 77.0 Å². The number of rotatable bonds is 17. The van der Waals surface area contributed by atoms with Crippen LogP contribution in [0.15, 0.2) is 0 Å². The van der Waals surface area contributed by atoms with Crippen LogP contribution >= 0.6 is 0 Å². The normalized spacial score (nSPS) is 11.9. The van der Waals surface area contributed by atoms with Crippen LogP contribution in [0.2, 0.25) is 0 Å². The van der Waals surface area contributed by atoms with Crippen molar-refractivity contribution in [1.82, 2.24) is 0 Å². The molecule has 0 heterocycles. The van der Waals surface area contributed by atoms with Crippen LogP contribution in [0.5, 0.6) is 0 Å². The smallest absolute Gasteiger partial charge is 0.550 e. The molecule has 0 aromatic carbocycles. The summed E-state index contributed by atoms with van der Waals surface area (Å²) >= 11 is 0. The Morgan fingerprint density at radius 3 is 1.43 bits per heavy atom. The Kier molecular flexibility index (Phi) is 22.8. The summed E-state index contributed by atoms with van der Waals surface area (Å²) in [5.74, 6) is -1.78. The van der Waals surface area contributed by atoms with E-state index in [2.05, 4.69) is 6.92 Å². The van der Waals surface area contributed by atoms with Crippen LogP contribution in [0.4, 0.5) is 0 Å². The number of carbonyl (C=O) groups is 1. The van der Waals surface area contributed by atoms with Crippen molar-refractivity contribution in [3.05, 3.63) is 0 Å². The van der Waals surface area contributed by atoms with Crippen LogP contribution in [0, 0.1) is 5.92 Å². The molecule has 1 unspecified atom stereocenters. The fourth-order valence-corrected chi connectivity index (χ4v) is 2.87. The van der Waals surface area contributed by atoms with E-state index < -0.39 is 11.9 Å². The second-order valence-electron chi connectivity index (χ2n) is 6.58. The molecule has 0 saturated heterocycles. The van der Waals surface area contributed by atoms with Crippen molar-refractivity contribution in [2.75, 3.05) is 6.61 Å². The molecule has 132 valence electrons. The molecule has 1 N–H and O–H groups in total. The van der Waals surface area contributed by atoms with Gasteiger partial charge in [0.1, 0.15) is 0 Å². The molecular weight excluding hydrogens is 299 g/mol. The summed E-state index contributed by atoms with van der Waals surface area (Å²) in [6, 6.07) is 0. The standard InChI is InChI=1S/C19H38O3.Na/c1-2-3-4-5-6-7-8-9-10-11-12-13-14-15-16-18(17-20)19(21)22;/h18,20H,2-17H2,1H3,(H,21,22);/q;+1/p-1. The van der Waals surface area contributed by atoms with E-state index in [1.54, 1.807) is 0 Å². The number of aliphatic hydroxyl groups excluding tert-OH is 1. The van der Waals surface area contributed by atoms with E-state index in [0.29, 0.717) is 6.42 Å². The monoisotopic (exact) mass is 336 g/mol. The Morgan fingerprint density at radius 1 is 0.783 bits per heavy atom. The molecule has 0 saturated carbocycles. The van der Waals surface area contributed by atoms with Gasteiger partial charge in [0.25, 0.3) is 0 Å². The van der Waals surface area contributed by atoms with Crippen molar-refractivity contribution in [2.24, 2.45) is 5.92 Å². The molecule has 0 spiro atoms. The first-order valence-electron chi connectivity index (χ1n) is 9.54. The van der Waals surface area contributed by atoms with Crippen LogP contribution in [-0.4, -0.2) is 17.7 Å². The number of hydrogen-bond donors (Lipinski definition) is 1. The maximum Gasteiger partial charge on any atom is 1.00 e. The largest absolute Gasteiger partial charge is 1.00 e. The molecule has 0 aromatic rings. The summed E-state index contributed by atoms with van der Waals surface area (Å²) in [5.41, 5.74) is 0. The average molecular weight is 336 g/mol. The predicted octanol–water partition coefficient (Wildman–Crippen LogP) is 1.22. The van der Waals surface area contributed by atoms with Gasteiger partial charge in [-0.1, -0.05) is 96.8 Å². The van der Waals surface area contributed by atoms with Gasteiger partial charge < -0.3 is 15.0 Å². The molecule has 0 amide bonds. The molecule has 1 atom stereocenters. The summed E-state index contributed by atoms with van der Waals surface area (Å²) in [4.78, 5) is 10.6. The van der Waals surface area contributed by atoms with Crippen LogP contribution < -0.4 is 34.7 Å². The van der Waals surface area contributed by atoms with Gasteiger partial charge in [0.2, 0.25) is 0 Å². The first kappa shape index (κ1) is 25.7. The Balaban J connectivity index is 0. The SMILES string of the molecule is CCCCCCCCCCCCCCCCC(CO)C(=O)[O-].[Na+]. The first-order chi connectivity index (χ1) is 10.7. The van der Waals surface area contributed by atoms with E-state index in [0.717, 1.165) is 12.8 Å². The summed E-state index contributed by atoms with van der Waals surface area (Å²) in [5, 5.41) is 19.5. The zero-order valence-corrected chi connectivity index (χ0v) is 17.7. The van der Waals surface area contributed by atoms with Gasteiger partial charge in [0.05, 0.1) is 6.61 Å². The Morgan fingerprint density at radius 2 is 1.13 bits per heavy atom. The number of carboxylic acid groups (broad SMARTS) is 1. The summed E-state index contributed by atoms with van der Waals surface area (Å²) < 4.78 is 0. The maximum absolute atomic E-state index is 10.6. The van der Waals surface area contributed by atoms with Gasteiger partial charge >= 0.3 is 29.6 Å². The van der Waals surface area contributed by atoms with Crippen molar-refractivity contribution in [1.29, 1.82) is 0 Å². The van der Waals surface area contributed by atoms with Gasteiger partial charge in [0.15, 0.2) is 0 Å².